The summed E-state index contributed by atoms with van der Waals surface area (Å²) in [6.07, 6.45) is 1.11. The highest BCUT2D eigenvalue weighted by Crippen LogP contribution is 2.33. The van der Waals surface area contributed by atoms with Gasteiger partial charge in [0.05, 0.1) is 13.2 Å². The summed E-state index contributed by atoms with van der Waals surface area (Å²) in [6, 6.07) is 9.35. The summed E-state index contributed by atoms with van der Waals surface area (Å²) in [5.74, 6) is -0.596. The van der Waals surface area contributed by atoms with Gasteiger partial charge in [0.15, 0.2) is 5.11 Å². The molecule has 0 aliphatic carbocycles. The van der Waals surface area contributed by atoms with E-state index in [1.807, 2.05) is 24.3 Å². The fourth-order valence-corrected chi connectivity index (χ4v) is 4.18. The number of rotatable bonds is 3. The van der Waals surface area contributed by atoms with Gasteiger partial charge in [-0.25, -0.2) is 9.69 Å². The number of ether oxygens (including phenoxy) is 1. The number of amides is 3. The van der Waals surface area contributed by atoms with Crippen LogP contribution in [0.1, 0.15) is 27.7 Å². The van der Waals surface area contributed by atoms with Crippen LogP contribution in [0.3, 0.4) is 0 Å². The van der Waals surface area contributed by atoms with Crippen LogP contribution in [0.5, 0.6) is 0 Å². The van der Waals surface area contributed by atoms with E-state index in [0.717, 1.165) is 25.8 Å². The number of nitrogens with one attached hydrogen (secondary N) is 2. The van der Waals surface area contributed by atoms with E-state index in [4.69, 9.17) is 17.0 Å². The highest BCUT2D eigenvalue weighted by Gasteiger charge is 2.33. The molecule has 9 heteroatoms. The molecule has 0 spiro atoms. The minimum absolute atomic E-state index is 0.199. The van der Waals surface area contributed by atoms with Gasteiger partial charge >= 0.3 is 6.09 Å². The van der Waals surface area contributed by atoms with Crippen LogP contribution in [0.4, 0.5) is 4.79 Å². The van der Waals surface area contributed by atoms with Crippen molar-refractivity contribution in [1.82, 2.24) is 15.5 Å². The van der Waals surface area contributed by atoms with Gasteiger partial charge in [-0.1, -0.05) is 6.07 Å². The van der Waals surface area contributed by atoms with E-state index in [2.05, 4.69) is 10.6 Å². The maximum absolute atomic E-state index is 12.4. The number of fused-ring (bicyclic) bond motifs is 1. The molecule has 3 heterocycles. The number of thiophene rings is 1. The van der Waals surface area contributed by atoms with Crippen LogP contribution >= 0.6 is 23.6 Å². The Balaban J connectivity index is 1.57. The lowest BCUT2D eigenvalue weighted by atomic mass is 10.1. The third-order valence-corrected chi connectivity index (χ3v) is 5.60. The lowest BCUT2D eigenvalue weighted by Gasteiger charge is -2.12. The average Bonchev–Trinajstić information content (AvgIpc) is 3.34. The van der Waals surface area contributed by atoms with Gasteiger partial charge in [-0.3, -0.25) is 14.9 Å². The Bertz CT molecular complexity index is 1060. The SMILES string of the molecule is CCOC(=O)N1Cc2cc(-c3ccc(/C=C4/NC(=S)NC4=O)s3)ccc2C1=O. The lowest BCUT2D eigenvalue weighted by molar-refractivity contribution is -0.115. The summed E-state index contributed by atoms with van der Waals surface area (Å²) >= 11 is 6.43. The molecule has 2 aliphatic heterocycles. The highest BCUT2D eigenvalue weighted by atomic mass is 32.1. The van der Waals surface area contributed by atoms with Gasteiger partial charge in [0.1, 0.15) is 5.70 Å². The first-order valence-electron chi connectivity index (χ1n) is 8.52. The van der Waals surface area contributed by atoms with Crippen molar-refractivity contribution < 1.29 is 19.1 Å². The Labute approximate surface area is 170 Å². The topological polar surface area (TPSA) is 87.7 Å². The fourth-order valence-electron chi connectivity index (χ4n) is 3.03. The Morgan fingerprint density at radius 3 is 2.82 bits per heavy atom. The zero-order valence-electron chi connectivity index (χ0n) is 14.8. The monoisotopic (exact) mass is 413 g/mol. The third-order valence-electron chi connectivity index (χ3n) is 4.32. The van der Waals surface area contributed by atoms with Crippen molar-refractivity contribution >= 4 is 52.7 Å². The van der Waals surface area contributed by atoms with E-state index in [-0.39, 0.29) is 25.0 Å². The van der Waals surface area contributed by atoms with E-state index < -0.39 is 6.09 Å². The number of hydrogen-bond donors (Lipinski definition) is 2. The van der Waals surface area contributed by atoms with Gasteiger partial charge in [-0.05, 0) is 60.6 Å². The predicted octanol–water partition coefficient (Wildman–Crippen LogP) is 2.87. The molecule has 0 unspecified atom stereocenters. The Morgan fingerprint density at radius 1 is 1.29 bits per heavy atom. The summed E-state index contributed by atoms with van der Waals surface area (Å²) in [5, 5.41) is 5.64. The largest absolute Gasteiger partial charge is 0.449 e. The molecule has 28 heavy (non-hydrogen) atoms. The van der Waals surface area contributed by atoms with Gasteiger partial charge < -0.3 is 10.1 Å². The van der Waals surface area contributed by atoms with E-state index >= 15 is 0 Å². The molecular weight excluding hydrogens is 398 g/mol. The van der Waals surface area contributed by atoms with Gasteiger partial charge in [0.25, 0.3) is 11.8 Å². The highest BCUT2D eigenvalue weighted by molar-refractivity contribution is 7.80. The molecule has 2 aromatic rings. The molecule has 2 aliphatic rings. The number of thiocarbonyl (C=S) groups is 1. The Morgan fingerprint density at radius 2 is 2.11 bits per heavy atom. The molecule has 1 saturated heterocycles. The first-order chi connectivity index (χ1) is 13.5. The first-order valence-corrected chi connectivity index (χ1v) is 9.74. The van der Waals surface area contributed by atoms with Crippen molar-refractivity contribution in [2.45, 2.75) is 13.5 Å². The van der Waals surface area contributed by atoms with Crippen molar-refractivity contribution in [1.29, 1.82) is 0 Å². The van der Waals surface area contributed by atoms with Crippen molar-refractivity contribution in [3.8, 4) is 10.4 Å². The molecule has 0 atom stereocenters. The molecule has 4 rings (SSSR count). The number of hydrogen-bond acceptors (Lipinski definition) is 6. The Kier molecular flexibility index (Phi) is 4.70. The molecule has 0 saturated carbocycles. The van der Waals surface area contributed by atoms with Gasteiger partial charge in [0.2, 0.25) is 0 Å². The number of benzene rings is 1. The van der Waals surface area contributed by atoms with Crippen molar-refractivity contribution in [2.75, 3.05) is 6.61 Å². The zero-order chi connectivity index (χ0) is 19.8. The minimum Gasteiger partial charge on any atom is -0.449 e. The summed E-state index contributed by atoms with van der Waals surface area (Å²) in [6.45, 7) is 2.12. The molecule has 1 fully saturated rings. The summed E-state index contributed by atoms with van der Waals surface area (Å²) < 4.78 is 4.94. The third kappa shape index (κ3) is 3.30. The smallest absolute Gasteiger partial charge is 0.417 e. The lowest BCUT2D eigenvalue weighted by Crippen LogP contribution is -2.31. The van der Waals surface area contributed by atoms with Crippen LogP contribution < -0.4 is 10.6 Å². The van der Waals surface area contributed by atoms with Gasteiger partial charge in [-0.15, -0.1) is 11.3 Å². The molecule has 2 N–H and O–H groups in total. The quantitative estimate of drug-likeness (QED) is 0.594. The average molecular weight is 413 g/mol. The van der Waals surface area contributed by atoms with Gasteiger partial charge in [0, 0.05) is 15.3 Å². The zero-order valence-corrected chi connectivity index (χ0v) is 16.4. The number of imide groups is 1. The van der Waals surface area contributed by atoms with Crippen LogP contribution in [0, 0.1) is 0 Å². The standard InChI is InChI=1S/C19H15N3O4S2/c1-2-26-19(25)22-9-11-7-10(3-5-13(11)17(22)24)15-6-4-12(28-15)8-14-16(23)21-18(27)20-14/h3-8H,2,9H2,1H3,(H2,20,21,23,27)/b14-8+. The minimum atomic E-state index is -0.629. The van der Waals surface area contributed by atoms with Crippen LogP contribution in [0.25, 0.3) is 16.5 Å². The fraction of sp³-hybridized carbons (Fsp3) is 0.158. The summed E-state index contributed by atoms with van der Waals surface area (Å²) in [4.78, 5) is 39.0. The van der Waals surface area contributed by atoms with Crippen LogP contribution in [-0.2, 0) is 16.1 Å². The molecule has 3 amide bonds. The predicted molar refractivity (Wildman–Crippen MR) is 109 cm³/mol. The van der Waals surface area contributed by atoms with Crippen molar-refractivity contribution in [3.05, 3.63) is 52.0 Å². The van der Waals surface area contributed by atoms with Crippen molar-refractivity contribution in [2.24, 2.45) is 0 Å². The van der Waals surface area contributed by atoms with Crippen LogP contribution in [-0.4, -0.2) is 34.5 Å². The first kappa shape index (κ1) is 18.3. The van der Waals surface area contributed by atoms with Crippen LogP contribution in [0.2, 0.25) is 0 Å². The second-order valence-electron chi connectivity index (χ2n) is 6.13. The molecule has 0 bridgehead atoms. The molecular formula is C19H15N3O4S2. The van der Waals surface area contributed by atoms with E-state index in [1.165, 1.54) is 11.3 Å². The van der Waals surface area contributed by atoms with E-state index in [0.29, 0.717) is 16.4 Å². The summed E-state index contributed by atoms with van der Waals surface area (Å²) in [7, 11) is 0. The second-order valence-corrected chi connectivity index (χ2v) is 7.65. The maximum atomic E-state index is 12.4. The molecule has 7 nitrogen and oxygen atoms in total. The van der Waals surface area contributed by atoms with Crippen LogP contribution in [0.15, 0.2) is 36.0 Å². The molecule has 142 valence electrons. The number of carbonyl (C=O) groups is 3. The summed E-state index contributed by atoms with van der Waals surface area (Å²) in [5.41, 5.74) is 2.64. The number of nitrogens with zero attached hydrogens (tertiary/aromatic N) is 1. The maximum Gasteiger partial charge on any atom is 0.417 e. The second kappa shape index (κ2) is 7.17. The molecule has 1 aromatic carbocycles. The van der Waals surface area contributed by atoms with Crippen molar-refractivity contribution in [3.63, 3.8) is 0 Å². The Hall–Kier alpha value is -3.04. The number of carbonyl (C=O) groups excluding carboxylic acids is 3. The molecule has 0 radical (unpaired) electrons. The van der Waals surface area contributed by atoms with E-state index in [9.17, 15) is 14.4 Å². The molecule has 1 aromatic heterocycles. The van der Waals surface area contributed by atoms with Gasteiger partial charge in [-0.2, -0.15) is 0 Å². The van der Waals surface area contributed by atoms with E-state index in [1.54, 1.807) is 19.1 Å². The normalized spacial score (nSPS) is 17.0.